The zero-order valence-corrected chi connectivity index (χ0v) is 12.3. The highest BCUT2D eigenvalue weighted by Crippen LogP contribution is 2.15. The number of halogens is 1. The first-order chi connectivity index (χ1) is 10.5. The van der Waals surface area contributed by atoms with Gasteiger partial charge in [0.1, 0.15) is 5.75 Å². The Hall–Kier alpha value is -2.59. The molecule has 112 valence electrons. The maximum atomic E-state index is 12.0. The molecule has 0 amide bonds. The van der Waals surface area contributed by atoms with Crippen LogP contribution in [0.4, 0.5) is 0 Å². The van der Waals surface area contributed by atoms with E-state index in [0.29, 0.717) is 16.3 Å². The third-order valence-electron chi connectivity index (χ3n) is 2.78. The highest BCUT2D eigenvalue weighted by Gasteiger charge is 2.03. The molecule has 2 aromatic rings. The fourth-order valence-corrected chi connectivity index (χ4v) is 1.94. The van der Waals surface area contributed by atoms with E-state index < -0.39 is 12.6 Å². The van der Waals surface area contributed by atoms with Gasteiger partial charge in [0.25, 0.3) is 0 Å². The normalized spacial score (nSPS) is 10.6. The SMILES string of the molecule is O=C(O)COc1ccc(C(=O)/C=C/c2cccc(Cl)c2)cc1. The third-order valence-corrected chi connectivity index (χ3v) is 3.01. The van der Waals surface area contributed by atoms with Crippen LogP contribution in [0.25, 0.3) is 6.08 Å². The molecule has 22 heavy (non-hydrogen) atoms. The van der Waals surface area contributed by atoms with Crippen LogP contribution in [0.2, 0.25) is 5.02 Å². The number of ketones is 1. The van der Waals surface area contributed by atoms with Crippen molar-refractivity contribution < 1.29 is 19.4 Å². The molecular weight excluding hydrogens is 304 g/mol. The lowest BCUT2D eigenvalue weighted by Gasteiger charge is -2.03. The second kappa shape index (κ2) is 7.43. The van der Waals surface area contributed by atoms with Gasteiger partial charge in [0.2, 0.25) is 0 Å². The Morgan fingerprint density at radius 3 is 2.50 bits per heavy atom. The predicted octanol–water partition coefficient (Wildman–Crippen LogP) is 3.70. The first-order valence-electron chi connectivity index (χ1n) is 6.47. The van der Waals surface area contributed by atoms with E-state index in [-0.39, 0.29) is 5.78 Å². The number of hydrogen-bond donors (Lipinski definition) is 1. The highest BCUT2D eigenvalue weighted by atomic mass is 35.5. The number of carboxylic acid groups (broad SMARTS) is 1. The molecule has 0 aliphatic rings. The summed E-state index contributed by atoms with van der Waals surface area (Å²) in [4.78, 5) is 22.4. The molecule has 0 atom stereocenters. The molecule has 0 saturated carbocycles. The van der Waals surface area contributed by atoms with Gasteiger partial charge < -0.3 is 9.84 Å². The van der Waals surface area contributed by atoms with Gasteiger partial charge in [-0.2, -0.15) is 0 Å². The fourth-order valence-electron chi connectivity index (χ4n) is 1.74. The number of carbonyl (C=O) groups excluding carboxylic acids is 1. The Morgan fingerprint density at radius 1 is 1.14 bits per heavy atom. The van der Waals surface area contributed by atoms with Gasteiger partial charge in [-0.25, -0.2) is 4.79 Å². The van der Waals surface area contributed by atoms with Crippen molar-refractivity contribution in [2.75, 3.05) is 6.61 Å². The smallest absolute Gasteiger partial charge is 0.341 e. The summed E-state index contributed by atoms with van der Waals surface area (Å²) in [5.74, 6) is -0.813. The predicted molar refractivity (Wildman–Crippen MR) is 84.4 cm³/mol. The van der Waals surface area contributed by atoms with Crippen LogP contribution >= 0.6 is 11.6 Å². The van der Waals surface area contributed by atoms with E-state index in [1.165, 1.54) is 6.08 Å². The second-order valence-corrected chi connectivity index (χ2v) is 4.90. The number of carboxylic acids is 1. The summed E-state index contributed by atoms with van der Waals surface area (Å²) in [6.45, 7) is -0.415. The molecule has 0 aliphatic carbocycles. The Morgan fingerprint density at radius 2 is 1.86 bits per heavy atom. The Labute approximate surface area is 132 Å². The van der Waals surface area contributed by atoms with Crippen LogP contribution in [0.1, 0.15) is 15.9 Å². The van der Waals surface area contributed by atoms with Crippen molar-refractivity contribution in [1.29, 1.82) is 0 Å². The van der Waals surface area contributed by atoms with E-state index in [1.807, 2.05) is 6.07 Å². The Bertz CT molecular complexity index is 705. The molecule has 5 heteroatoms. The maximum Gasteiger partial charge on any atom is 0.341 e. The number of benzene rings is 2. The van der Waals surface area contributed by atoms with Crippen LogP contribution in [0.5, 0.6) is 5.75 Å². The molecule has 0 bridgehead atoms. The summed E-state index contributed by atoms with van der Waals surface area (Å²) in [7, 11) is 0. The van der Waals surface area contributed by atoms with Crippen LogP contribution in [-0.2, 0) is 4.79 Å². The number of rotatable bonds is 6. The Kier molecular flexibility index (Phi) is 5.33. The van der Waals surface area contributed by atoms with E-state index in [4.69, 9.17) is 21.4 Å². The second-order valence-electron chi connectivity index (χ2n) is 4.46. The molecule has 0 heterocycles. The molecule has 0 fully saturated rings. The van der Waals surface area contributed by atoms with Crippen molar-refractivity contribution in [1.82, 2.24) is 0 Å². The lowest BCUT2D eigenvalue weighted by molar-refractivity contribution is -0.139. The molecule has 2 rings (SSSR count). The summed E-state index contributed by atoms with van der Waals surface area (Å²) in [6, 6.07) is 13.5. The summed E-state index contributed by atoms with van der Waals surface area (Å²) < 4.78 is 5.00. The molecule has 0 spiro atoms. The summed E-state index contributed by atoms with van der Waals surface area (Å²) >= 11 is 5.87. The van der Waals surface area contributed by atoms with Gasteiger partial charge in [0.05, 0.1) is 0 Å². The first-order valence-corrected chi connectivity index (χ1v) is 6.85. The molecule has 1 N–H and O–H groups in total. The molecule has 0 aromatic heterocycles. The van der Waals surface area contributed by atoms with Crippen molar-refractivity contribution in [3.05, 3.63) is 70.8 Å². The minimum atomic E-state index is -1.05. The lowest BCUT2D eigenvalue weighted by Crippen LogP contribution is -2.09. The van der Waals surface area contributed by atoms with Crippen molar-refractivity contribution in [2.24, 2.45) is 0 Å². The number of allylic oxidation sites excluding steroid dienone is 1. The average Bonchev–Trinajstić information content (AvgIpc) is 2.51. The largest absolute Gasteiger partial charge is 0.482 e. The van der Waals surface area contributed by atoms with Gasteiger partial charge in [-0.1, -0.05) is 29.8 Å². The summed E-state index contributed by atoms with van der Waals surface area (Å²) in [5, 5.41) is 9.12. The van der Waals surface area contributed by atoms with Gasteiger partial charge in [-0.05, 0) is 48.0 Å². The van der Waals surface area contributed by atoms with Gasteiger partial charge in [-0.3, -0.25) is 4.79 Å². The molecule has 0 unspecified atom stereocenters. The van der Waals surface area contributed by atoms with Crippen LogP contribution in [-0.4, -0.2) is 23.5 Å². The zero-order chi connectivity index (χ0) is 15.9. The first kappa shape index (κ1) is 15.8. The van der Waals surface area contributed by atoms with Gasteiger partial charge in [0, 0.05) is 10.6 Å². The van der Waals surface area contributed by atoms with Gasteiger partial charge >= 0.3 is 5.97 Å². The maximum absolute atomic E-state index is 12.0. The molecule has 0 aliphatic heterocycles. The number of ether oxygens (including phenoxy) is 1. The quantitative estimate of drug-likeness (QED) is 0.652. The minimum absolute atomic E-state index is 0.162. The molecule has 0 radical (unpaired) electrons. The molecule has 0 saturated heterocycles. The van der Waals surface area contributed by atoms with E-state index in [2.05, 4.69) is 0 Å². The van der Waals surface area contributed by atoms with Crippen LogP contribution in [0.15, 0.2) is 54.6 Å². The summed E-state index contributed by atoms with van der Waals surface area (Å²) in [6.07, 6.45) is 3.14. The van der Waals surface area contributed by atoms with Gasteiger partial charge in [0.15, 0.2) is 12.4 Å². The third kappa shape index (κ3) is 4.75. The van der Waals surface area contributed by atoms with Crippen LogP contribution < -0.4 is 4.74 Å². The van der Waals surface area contributed by atoms with Crippen LogP contribution in [0, 0.1) is 0 Å². The number of hydrogen-bond acceptors (Lipinski definition) is 3. The van der Waals surface area contributed by atoms with Crippen molar-refractivity contribution >= 4 is 29.4 Å². The van der Waals surface area contributed by atoms with Gasteiger partial charge in [-0.15, -0.1) is 0 Å². The highest BCUT2D eigenvalue weighted by molar-refractivity contribution is 6.30. The monoisotopic (exact) mass is 316 g/mol. The van der Waals surface area contributed by atoms with E-state index in [1.54, 1.807) is 48.5 Å². The lowest BCUT2D eigenvalue weighted by atomic mass is 10.1. The van der Waals surface area contributed by atoms with Crippen LogP contribution in [0.3, 0.4) is 0 Å². The standard InChI is InChI=1S/C17H13ClO4/c18-14-3-1-2-12(10-14)4-9-16(19)13-5-7-15(8-6-13)22-11-17(20)21/h1-10H,11H2,(H,20,21)/b9-4+. The molecular formula is C17H13ClO4. The zero-order valence-electron chi connectivity index (χ0n) is 11.5. The number of aliphatic carboxylic acids is 1. The minimum Gasteiger partial charge on any atom is -0.482 e. The summed E-state index contributed by atoms with van der Waals surface area (Å²) in [5.41, 5.74) is 1.32. The fraction of sp³-hybridized carbons (Fsp3) is 0.0588. The molecule has 4 nitrogen and oxygen atoms in total. The van der Waals surface area contributed by atoms with Crippen molar-refractivity contribution in [3.8, 4) is 5.75 Å². The van der Waals surface area contributed by atoms with E-state index in [9.17, 15) is 9.59 Å². The van der Waals surface area contributed by atoms with Crippen molar-refractivity contribution in [2.45, 2.75) is 0 Å². The Balaban J connectivity index is 2.02. The topological polar surface area (TPSA) is 63.6 Å². The average molecular weight is 317 g/mol. The number of carbonyl (C=O) groups is 2. The van der Waals surface area contributed by atoms with Crippen molar-refractivity contribution in [3.63, 3.8) is 0 Å². The van der Waals surface area contributed by atoms with E-state index >= 15 is 0 Å². The molecule has 2 aromatic carbocycles. The van der Waals surface area contributed by atoms with E-state index in [0.717, 1.165) is 5.56 Å².